The van der Waals surface area contributed by atoms with Crippen LogP contribution in [0, 0.1) is 0 Å². The number of hydrogen-bond acceptors (Lipinski definition) is 6. The number of piperazine rings is 1. The quantitative estimate of drug-likeness (QED) is 0.747. The van der Waals surface area contributed by atoms with Crippen LogP contribution in [0.2, 0.25) is 0 Å². The van der Waals surface area contributed by atoms with Gasteiger partial charge in [0, 0.05) is 39.8 Å². The summed E-state index contributed by atoms with van der Waals surface area (Å²) in [5, 5.41) is 11.7. The number of hydrogen-bond donors (Lipinski definition) is 2. The molecule has 0 saturated carbocycles. The molecule has 1 fully saturated rings. The molecule has 0 aliphatic carbocycles. The van der Waals surface area contributed by atoms with E-state index >= 15 is 0 Å². The second kappa shape index (κ2) is 6.44. The van der Waals surface area contributed by atoms with Gasteiger partial charge in [-0.2, -0.15) is 0 Å². The number of aromatic nitrogens is 2. The average Bonchev–Trinajstić information content (AvgIpc) is 2.48. The van der Waals surface area contributed by atoms with Gasteiger partial charge in [-0.25, -0.2) is 9.97 Å². The van der Waals surface area contributed by atoms with Crippen molar-refractivity contribution in [3.8, 4) is 0 Å². The normalized spacial score (nSPS) is 16.4. The summed E-state index contributed by atoms with van der Waals surface area (Å²) < 4.78 is 0. The number of amides is 1. The number of carbonyl (C=O) groups excluding carboxylic acids is 1. The summed E-state index contributed by atoms with van der Waals surface area (Å²) in [6, 6.07) is 0. The first kappa shape index (κ1) is 13.7. The third-order valence-corrected chi connectivity index (χ3v) is 3.20. The van der Waals surface area contributed by atoms with Crippen LogP contribution >= 0.6 is 0 Å². The molecule has 1 aromatic heterocycles. The molecule has 1 amide bonds. The first-order chi connectivity index (χ1) is 9.24. The first-order valence-electron chi connectivity index (χ1n) is 6.37. The summed E-state index contributed by atoms with van der Waals surface area (Å²) in [4.78, 5) is 24.3. The molecule has 0 bridgehead atoms. The highest BCUT2D eigenvalue weighted by Crippen LogP contribution is 2.07. The predicted octanol–water partition coefficient (Wildman–Crippen LogP) is -0.732. The van der Waals surface area contributed by atoms with E-state index in [1.165, 1.54) is 6.20 Å². The molecule has 7 nitrogen and oxygen atoms in total. The van der Waals surface area contributed by atoms with Gasteiger partial charge in [0.25, 0.3) is 5.91 Å². The summed E-state index contributed by atoms with van der Waals surface area (Å²) in [7, 11) is 1.76. The Kier molecular flexibility index (Phi) is 4.64. The van der Waals surface area contributed by atoms with Gasteiger partial charge in [0.2, 0.25) is 0 Å². The Labute approximate surface area is 112 Å². The Morgan fingerprint density at radius 2 is 2.05 bits per heavy atom. The average molecular weight is 265 g/mol. The number of anilines is 1. The van der Waals surface area contributed by atoms with Gasteiger partial charge in [-0.15, -0.1) is 0 Å². The Morgan fingerprint density at radius 1 is 1.32 bits per heavy atom. The number of rotatable bonds is 4. The lowest BCUT2D eigenvalue weighted by Crippen LogP contribution is -2.49. The highest BCUT2D eigenvalue weighted by molar-refractivity contribution is 5.92. The van der Waals surface area contributed by atoms with E-state index in [2.05, 4.69) is 20.2 Å². The lowest BCUT2D eigenvalue weighted by Gasteiger charge is -2.34. The minimum Gasteiger partial charge on any atom is -0.395 e. The SMILES string of the molecule is CNc1cnc(C(=O)N2CCN(CCO)CC2)cn1. The minimum absolute atomic E-state index is 0.0844. The largest absolute Gasteiger partial charge is 0.395 e. The number of carbonyl (C=O) groups is 1. The monoisotopic (exact) mass is 265 g/mol. The predicted molar refractivity (Wildman–Crippen MR) is 71.0 cm³/mol. The molecule has 0 spiro atoms. The molecule has 7 heteroatoms. The van der Waals surface area contributed by atoms with E-state index in [1.54, 1.807) is 18.1 Å². The standard InChI is InChI=1S/C12H19N5O2/c1-13-11-9-14-10(8-15-11)12(19)17-4-2-16(3-5-17)6-7-18/h8-9,18H,2-7H2,1H3,(H,13,15). The lowest BCUT2D eigenvalue weighted by molar-refractivity contribution is 0.0609. The first-order valence-corrected chi connectivity index (χ1v) is 6.37. The Hall–Kier alpha value is -1.73. The highest BCUT2D eigenvalue weighted by Gasteiger charge is 2.22. The van der Waals surface area contributed by atoms with Gasteiger partial charge in [-0.05, 0) is 0 Å². The number of aliphatic hydroxyl groups excluding tert-OH is 1. The van der Waals surface area contributed by atoms with Crippen LogP contribution in [0.5, 0.6) is 0 Å². The molecule has 0 unspecified atom stereocenters. The third-order valence-electron chi connectivity index (χ3n) is 3.20. The molecule has 1 aliphatic rings. The van der Waals surface area contributed by atoms with E-state index in [1.807, 2.05) is 0 Å². The van der Waals surface area contributed by atoms with Gasteiger partial charge in [0.15, 0.2) is 0 Å². The molecule has 0 aromatic carbocycles. The summed E-state index contributed by atoms with van der Waals surface area (Å²) in [6.07, 6.45) is 3.05. The van der Waals surface area contributed by atoms with Crippen molar-refractivity contribution in [3.05, 3.63) is 18.1 Å². The van der Waals surface area contributed by atoms with Crippen molar-refractivity contribution in [3.63, 3.8) is 0 Å². The van der Waals surface area contributed by atoms with Gasteiger partial charge in [0.05, 0.1) is 19.0 Å². The number of nitrogens with zero attached hydrogens (tertiary/aromatic N) is 4. The third kappa shape index (κ3) is 3.39. The number of nitrogens with one attached hydrogen (secondary N) is 1. The van der Waals surface area contributed by atoms with Crippen LogP contribution in [-0.4, -0.2) is 77.2 Å². The summed E-state index contributed by atoms with van der Waals surface area (Å²) in [5.41, 5.74) is 0.370. The van der Waals surface area contributed by atoms with E-state index < -0.39 is 0 Å². The van der Waals surface area contributed by atoms with Crippen molar-refractivity contribution in [1.29, 1.82) is 0 Å². The van der Waals surface area contributed by atoms with E-state index in [4.69, 9.17) is 5.11 Å². The van der Waals surface area contributed by atoms with Crippen molar-refractivity contribution in [2.75, 3.05) is 51.7 Å². The van der Waals surface area contributed by atoms with E-state index in [0.717, 1.165) is 13.1 Å². The highest BCUT2D eigenvalue weighted by atomic mass is 16.3. The maximum atomic E-state index is 12.2. The minimum atomic E-state index is -0.0844. The summed E-state index contributed by atoms with van der Waals surface area (Å²) >= 11 is 0. The van der Waals surface area contributed by atoms with E-state index in [-0.39, 0.29) is 12.5 Å². The van der Waals surface area contributed by atoms with Crippen LogP contribution in [0.15, 0.2) is 12.4 Å². The number of β-amino-alcohol motifs (C(OH)–C–C–N with tert-alkyl or cyclic N) is 1. The van der Waals surface area contributed by atoms with Crippen LogP contribution in [0.3, 0.4) is 0 Å². The van der Waals surface area contributed by atoms with Gasteiger partial charge in [-0.3, -0.25) is 9.69 Å². The Morgan fingerprint density at radius 3 is 2.58 bits per heavy atom. The van der Waals surface area contributed by atoms with Crippen LogP contribution in [0.4, 0.5) is 5.82 Å². The fraction of sp³-hybridized carbons (Fsp3) is 0.583. The molecule has 1 saturated heterocycles. The van der Waals surface area contributed by atoms with Gasteiger partial charge in [-0.1, -0.05) is 0 Å². The van der Waals surface area contributed by atoms with Crippen LogP contribution in [0.25, 0.3) is 0 Å². The lowest BCUT2D eigenvalue weighted by atomic mass is 10.3. The molecule has 2 heterocycles. The molecule has 2 N–H and O–H groups in total. The molecule has 1 aromatic rings. The zero-order valence-electron chi connectivity index (χ0n) is 11.0. The summed E-state index contributed by atoms with van der Waals surface area (Å²) in [5.74, 6) is 0.558. The zero-order valence-corrected chi connectivity index (χ0v) is 11.0. The number of aliphatic hydroxyl groups is 1. The zero-order chi connectivity index (χ0) is 13.7. The molecular formula is C12H19N5O2. The fourth-order valence-electron chi connectivity index (χ4n) is 2.05. The summed E-state index contributed by atoms with van der Waals surface area (Å²) in [6.45, 7) is 3.72. The Bertz CT molecular complexity index is 415. The second-order valence-corrected chi connectivity index (χ2v) is 4.39. The molecule has 0 radical (unpaired) electrons. The molecule has 19 heavy (non-hydrogen) atoms. The topological polar surface area (TPSA) is 81.6 Å². The molecular weight excluding hydrogens is 246 g/mol. The van der Waals surface area contributed by atoms with E-state index in [9.17, 15) is 4.79 Å². The van der Waals surface area contributed by atoms with Crippen LogP contribution in [0.1, 0.15) is 10.5 Å². The van der Waals surface area contributed by atoms with Crippen molar-refractivity contribution in [2.24, 2.45) is 0 Å². The van der Waals surface area contributed by atoms with Crippen molar-refractivity contribution < 1.29 is 9.90 Å². The maximum absolute atomic E-state index is 12.2. The van der Waals surface area contributed by atoms with Crippen molar-refractivity contribution in [2.45, 2.75) is 0 Å². The van der Waals surface area contributed by atoms with Gasteiger partial charge >= 0.3 is 0 Å². The van der Waals surface area contributed by atoms with Gasteiger partial charge in [0.1, 0.15) is 11.5 Å². The molecule has 104 valence electrons. The van der Waals surface area contributed by atoms with Gasteiger partial charge < -0.3 is 15.3 Å². The van der Waals surface area contributed by atoms with Crippen molar-refractivity contribution >= 4 is 11.7 Å². The molecule has 0 atom stereocenters. The van der Waals surface area contributed by atoms with E-state index in [0.29, 0.717) is 31.1 Å². The maximum Gasteiger partial charge on any atom is 0.274 e. The van der Waals surface area contributed by atoms with Crippen molar-refractivity contribution in [1.82, 2.24) is 19.8 Å². The smallest absolute Gasteiger partial charge is 0.274 e. The van der Waals surface area contributed by atoms with Crippen LogP contribution < -0.4 is 5.32 Å². The molecule has 1 aliphatic heterocycles. The second-order valence-electron chi connectivity index (χ2n) is 4.39. The molecule has 2 rings (SSSR count). The van der Waals surface area contributed by atoms with Crippen LogP contribution in [-0.2, 0) is 0 Å². The fourth-order valence-corrected chi connectivity index (χ4v) is 2.05. The Balaban J connectivity index is 1.93.